The number of hydrogen-bond donors (Lipinski definition) is 1. The highest BCUT2D eigenvalue weighted by atomic mass is 15.2. The predicted octanol–water partition coefficient (Wildman–Crippen LogP) is 3.68. The van der Waals surface area contributed by atoms with E-state index in [0.717, 1.165) is 6.04 Å². The maximum Gasteiger partial charge on any atom is 0.0429 e. The Kier molecular flexibility index (Phi) is 4.07. The number of benzene rings is 1. The van der Waals surface area contributed by atoms with Gasteiger partial charge in [0.1, 0.15) is 0 Å². The minimum absolute atomic E-state index is 0.620. The minimum Gasteiger partial charge on any atom is -0.380 e. The zero-order chi connectivity index (χ0) is 13.1. The summed E-state index contributed by atoms with van der Waals surface area (Å²) >= 11 is 0. The average Bonchev–Trinajstić information content (AvgIpc) is 2.83. The summed E-state index contributed by atoms with van der Waals surface area (Å²) in [6, 6.07) is 10.2. The molecule has 0 radical (unpaired) electrons. The molecule has 0 aromatic heterocycles. The summed E-state index contributed by atoms with van der Waals surface area (Å²) in [6.45, 7) is 4.84. The molecule has 0 amide bonds. The van der Waals surface area contributed by atoms with Crippen LogP contribution in [0.4, 0.5) is 5.69 Å². The van der Waals surface area contributed by atoms with Crippen LogP contribution in [0.5, 0.6) is 0 Å². The van der Waals surface area contributed by atoms with Crippen LogP contribution >= 0.6 is 0 Å². The van der Waals surface area contributed by atoms with Crippen molar-refractivity contribution in [2.75, 3.05) is 18.4 Å². The second-order valence-corrected chi connectivity index (χ2v) is 6.14. The molecule has 1 aromatic rings. The van der Waals surface area contributed by atoms with Crippen molar-refractivity contribution in [3.63, 3.8) is 0 Å². The van der Waals surface area contributed by atoms with Gasteiger partial charge in [-0.3, -0.25) is 4.90 Å². The topological polar surface area (TPSA) is 15.3 Å². The molecule has 0 saturated carbocycles. The molecular formula is C17H26N2. The SMILES string of the molecule is CCCC1CCCCN1CC1Cc2ccccc2N1. The van der Waals surface area contributed by atoms with E-state index in [-0.39, 0.29) is 0 Å². The summed E-state index contributed by atoms with van der Waals surface area (Å²) in [4.78, 5) is 2.75. The number of rotatable bonds is 4. The first-order chi connectivity index (χ1) is 9.36. The summed E-state index contributed by atoms with van der Waals surface area (Å²) in [5, 5.41) is 3.70. The number of anilines is 1. The van der Waals surface area contributed by atoms with Gasteiger partial charge in [0, 0.05) is 24.3 Å². The van der Waals surface area contributed by atoms with Gasteiger partial charge in [-0.25, -0.2) is 0 Å². The Balaban J connectivity index is 1.60. The van der Waals surface area contributed by atoms with Gasteiger partial charge in [-0.15, -0.1) is 0 Å². The second-order valence-electron chi connectivity index (χ2n) is 6.14. The molecule has 2 atom stereocenters. The number of likely N-dealkylation sites (tertiary alicyclic amines) is 1. The Morgan fingerprint density at radius 1 is 1.26 bits per heavy atom. The van der Waals surface area contributed by atoms with Crippen molar-refractivity contribution in [2.24, 2.45) is 0 Å². The van der Waals surface area contributed by atoms with Gasteiger partial charge in [-0.1, -0.05) is 38.0 Å². The molecule has 0 bridgehead atoms. The maximum atomic E-state index is 3.70. The molecule has 1 aromatic carbocycles. The summed E-state index contributed by atoms with van der Waals surface area (Å²) in [6.07, 6.45) is 8.12. The standard InChI is InChI=1S/C17H26N2/c1-2-7-16-9-5-6-11-19(16)13-15-12-14-8-3-4-10-17(14)18-15/h3-4,8,10,15-16,18H,2,5-7,9,11-13H2,1H3. The molecule has 104 valence electrons. The van der Waals surface area contributed by atoms with Crippen LogP contribution in [0.15, 0.2) is 24.3 Å². The van der Waals surface area contributed by atoms with E-state index in [4.69, 9.17) is 0 Å². The third-order valence-corrected chi connectivity index (χ3v) is 4.67. The number of fused-ring (bicyclic) bond motifs is 1. The van der Waals surface area contributed by atoms with Crippen molar-refractivity contribution in [1.29, 1.82) is 0 Å². The van der Waals surface area contributed by atoms with Crippen LogP contribution in [-0.2, 0) is 6.42 Å². The maximum absolute atomic E-state index is 3.70. The number of nitrogens with one attached hydrogen (secondary N) is 1. The van der Waals surface area contributed by atoms with Crippen molar-refractivity contribution in [1.82, 2.24) is 4.90 Å². The van der Waals surface area contributed by atoms with E-state index < -0.39 is 0 Å². The zero-order valence-electron chi connectivity index (χ0n) is 12.1. The van der Waals surface area contributed by atoms with Gasteiger partial charge in [0.2, 0.25) is 0 Å². The monoisotopic (exact) mass is 258 g/mol. The van der Waals surface area contributed by atoms with Crippen LogP contribution in [0.2, 0.25) is 0 Å². The fourth-order valence-electron chi connectivity index (χ4n) is 3.73. The highest BCUT2D eigenvalue weighted by Gasteiger charge is 2.27. The number of hydrogen-bond acceptors (Lipinski definition) is 2. The minimum atomic E-state index is 0.620. The van der Waals surface area contributed by atoms with Gasteiger partial charge in [0.05, 0.1) is 0 Å². The first-order valence-electron chi connectivity index (χ1n) is 7.95. The Bertz CT molecular complexity index is 388. The second kappa shape index (κ2) is 5.96. The zero-order valence-corrected chi connectivity index (χ0v) is 12.1. The van der Waals surface area contributed by atoms with E-state index in [1.807, 2.05) is 0 Å². The highest BCUT2D eigenvalue weighted by molar-refractivity contribution is 5.56. The first kappa shape index (κ1) is 13.0. The van der Waals surface area contributed by atoms with Crippen LogP contribution in [0, 0.1) is 0 Å². The van der Waals surface area contributed by atoms with Crippen LogP contribution in [-0.4, -0.2) is 30.1 Å². The summed E-state index contributed by atoms with van der Waals surface area (Å²) in [5.41, 5.74) is 2.85. The van der Waals surface area contributed by atoms with Gasteiger partial charge < -0.3 is 5.32 Å². The molecule has 2 aliphatic rings. The number of piperidine rings is 1. The van der Waals surface area contributed by atoms with Crippen LogP contribution in [0.3, 0.4) is 0 Å². The van der Waals surface area contributed by atoms with E-state index in [1.54, 1.807) is 0 Å². The molecule has 2 nitrogen and oxygen atoms in total. The third kappa shape index (κ3) is 2.94. The lowest BCUT2D eigenvalue weighted by atomic mass is 9.97. The van der Waals surface area contributed by atoms with E-state index in [9.17, 15) is 0 Å². The molecule has 2 unspecified atom stereocenters. The van der Waals surface area contributed by atoms with E-state index in [0.29, 0.717) is 6.04 Å². The molecule has 1 saturated heterocycles. The molecule has 1 N–H and O–H groups in total. The van der Waals surface area contributed by atoms with Crippen LogP contribution < -0.4 is 5.32 Å². The Labute approximate surface area is 117 Å². The molecule has 3 rings (SSSR count). The Hall–Kier alpha value is -1.02. The van der Waals surface area contributed by atoms with E-state index in [1.165, 1.54) is 62.9 Å². The third-order valence-electron chi connectivity index (χ3n) is 4.67. The van der Waals surface area contributed by atoms with E-state index >= 15 is 0 Å². The smallest absolute Gasteiger partial charge is 0.0429 e. The highest BCUT2D eigenvalue weighted by Crippen LogP contribution is 2.27. The van der Waals surface area contributed by atoms with Gasteiger partial charge in [0.15, 0.2) is 0 Å². The quantitative estimate of drug-likeness (QED) is 0.886. The summed E-state index contributed by atoms with van der Waals surface area (Å²) in [5.74, 6) is 0. The van der Waals surface area contributed by atoms with E-state index in [2.05, 4.69) is 41.4 Å². The van der Waals surface area contributed by atoms with Crippen LogP contribution in [0.1, 0.15) is 44.6 Å². The fourth-order valence-corrected chi connectivity index (χ4v) is 3.73. The molecule has 2 heterocycles. The lowest BCUT2D eigenvalue weighted by molar-refractivity contribution is 0.134. The normalized spacial score (nSPS) is 27.0. The predicted molar refractivity (Wildman–Crippen MR) is 81.7 cm³/mol. The van der Waals surface area contributed by atoms with Gasteiger partial charge >= 0.3 is 0 Å². The average molecular weight is 258 g/mol. The van der Waals surface area contributed by atoms with Crippen LogP contribution in [0.25, 0.3) is 0 Å². The van der Waals surface area contributed by atoms with Gasteiger partial charge in [0.25, 0.3) is 0 Å². The molecule has 2 heteroatoms. The van der Waals surface area contributed by atoms with Crippen molar-refractivity contribution in [3.05, 3.63) is 29.8 Å². The first-order valence-corrected chi connectivity index (χ1v) is 7.95. The van der Waals surface area contributed by atoms with Crippen molar-refractivity contribution in [2.45, 2.75) is 57.5 Å². The Morgan fingerprint density at radius 3 is 3.00 bits per heavy atom. The largest absolute Gasteiger partial charge is 0.380 e. The lowest BCUT2D eigenvalue weighted by Crippen LogP contribution is -2.45. The number of nitrogens with zero attached hydrogens (tertiary/aromatic N) is 1. The molecule has 1 fully saturated rings. The fraction of sp³-hybridized carbons (Fsp3) is 0.647. The summed E-state index contributed by atoms with van der Waals surface area (Å²) < 4.78 is 0. The Morgan fingerprint density at radius 2 is 2.16 bits per heavy atom. The van der Waals surface area contributed by atoms with Gasteiger partial charge in [-0.2, -0.15) is 0 Å². The molecule has 2 aliphatic heterocycles. The molecule has 19 heavy (non-hydrogen) atoms. The van der Waals surface area contributed by atoms with Crippen molar-refractivity contribution < 1.29 is 0 Å². The molecular weight excluding hydrogens is 232 g/mol. The number of para-hydroxylation sites is 1. The molecule has 0 spiro atoms. The van der Waals surface area contributed by atoms with Crippen molar-refractivity contribution in [3.8, 4) is 0 Å². The van der Waals surface area contributed by atoms with Crippen molar-refractivity contribution >= 4 is 5.69 Å². The lowest BCUT2D eigenvalue weighted by Gasteiger charge is -2.37. The summed E-state index contributed by atoms with van der Waals surface area (Å²) in [7, 11) is 0. The van der Waals surface area contributed by atoms with Gasteiger partial charge in [-0.05, 0) is 43.9 Å². The molecule has 0 aliphatic carbocycles.